The molecule has 4 nitrogen and oxygen atoms in total. The fourth-order valence-electron chi connectivity index (χ4n) is 4.94. The zero-order chi connectivity index (χ0) is 19.9. The highest BCUT2D eigenvalue weighted by Gasteiger charge is 2.59. The number of aliphatic hydroxyl groups is 2. The van der Waals surface area contributed by atoms with Crippen LogP contribution in [0.25, 0.3) is 0 Å². The molecule has 0 radical (unpaired) electrons. The van der Waals surface area contributed by atoms with Gasteiger partial charge in [0.15, 0.2) is 5.78 Å². The summed E-state index contributed by atoms with van der Waals surface area (Å²) in [7, 11) is 0. The molecular formula is C23H32O4. The first-order valence-corrected chi connectivity index (χ1v) is 9.92. The molecule has 2 aliphatic rings. The van der Waals surface area contributed by atoms with Crippen molar-refractivity contribution in [2.24, 2.45) is 17.3 Å². The van der Waals surface area contributed by atoms with Gasteiger partial charge in [-0.05, 0) is 31.1 Å². The van der Waals surface area contributed by atoms with Crippen molar-refractivity contribution >= 4 is 5.78 Å². The Morgan fingerprint density at radius 1 is 1.15 bits per heavy atom. The first kappa shape index (κ1) is 20.2. The number of hydrogen-bond acceptors (Lipinski definition) is 4. The SMILES string of the molecule is CC(C)[C@]1(O)CC[C@]2(C)C=C[C@](C)(O)C[C@H](OCC(=O)c3ccccc3)[C@H]21. The minimum Gasteiger partial charge on any atom is -0.389 e. The van der Waals surface area contributed by atoms with Gasteiger partial charge in [-0.2, -0.15) is 0 Å². The van der Waals surface area contributed by atoms with Crippen molar-refractivity contribution in [1.29, 1.82) is 0 Å². The lowest BCUT2D eigenvalue weighted by molar-refractivity contribution is -0.129. The third-order valence-electron chi connectivity index (χ3n) is 6.65. The van der Waals surface area contributed by atoms with E-state index in [2.05, 4.69) is 13.0 Å². The van der Waals surface area contributed by atoms with E-state index in [1.54, 1.807) is 19.1 Å². The zero-order valence-electron chi connectivity index (χ0n) is 16.8. The molecular weight excluding hydrogens is 340 g/mol. The Labute approximate surface area is 162 Å². The van der Waals surface area contributed by atoms with E-state index in [1.165, 1.54) is 0 Å². The molecule has 0 amide bonds. The summed E-state index contributed by atoms with van der Waals surface area (Å²) < 4.78 is 6.13. The molecule has 4 heteroatoms. The first-order valence-electron chi connectivity index (χ1n) is 9.92. The second kappa shape index (κ2) is 7.16. The number of ether oxygens (including phenoxy) is 1. The number of benzene rings is 1. The number of fused-ring (bicyclic) bond motifs is 1. The Balaban J connectivity index is 1.87. The van der Waals surface area contributed by atoms with Crippen LogP contribution in [-0.4, -0.2) is 39.9 Å². The Morgan fingerprint density at radius 3 is 2.44 bits per heavy atom. The van der Waals surface area contributed by atoms with Crippen molar-refractivity contribution in [2.75, 3.05) is 6.61 Å². The summed E-state index contributed by atoms with van der Waals surface area (Å²) >= 11 is 0. The maximum Gasteiger partial charge on any atom is 0.188 e. The van der Waals surface area contributed by atoms with Gasteiger partial charge >= 0.3 is 0 Å². The Kier molecular flexibility index (Phi) is 5.37. The quantitative estimate of drug-likeness (QED) is 0.610. The highest BCUT2D eigenvalue weighted by Crippen LogP contribution is 2.57. The fourth-order valence-corrected chi connectivity index (χ4v) is 4.94. The van der Waals surface area contributed by atoms with Gasteiger partial charge in [-0.1, -0.05) is 63.3 Å². The number of ketones is 1. The van der Waals surface area contributed by atoms with Crippen LogP contribution in [0.2, 0.25) is 0 Å². The molecule has 0 spiro atoms. The summed E-state index contributed by atoms with van der Waals surface area (Å²) in [5, 5.41) is 22.2. The van der Waals surface area contributed by atoms with Crippen LogP contribution in [0.5, 0.6) is 0 Å². The van der Waals surface area contributed by atoms with Crippen molar-refractivity contribution in [3.8, 4) is 0 Å². The largest absolute Gasteiger partial charge is 0.389 e. The van der Waals surface area contributed by atoms with Crippen molar-refractivity contribution in [3.63, 3.8) is 0 Å². The molecule has 2 N–H and O–H groups in total. The highest BCUT2D eigenvalue weighted by atomic mass is 16.5. The third kappa shape index (κ3) is 3.89. The normalized spacial score (nSPS) is 38.6. The molecule has 0 unspecified atom stereocenters. The average Bonchev–Trinajstić information content (AvgIpc) is 2.84. The predicted octanol–water partition coefficient (Wildman–Crippen LogP) is 3.77. The minimum absolute atomic E-state index is 0.0501. The summed E-state index contributed by atoms with van der Waals surface area (Å²) in [5.74, 6) is -0.185. The van der Waals surface area contributed by atoms with E-state index < -0.39 is 17.3 Å². The molecule has 1 saturated carbocycles. The fraction of sp³-hybridized carbons (Fsp3) is 0.609. The van der Waals surface area contributed by atoms with Gasteiger partial charge in [0, 0.05) is 17.9 Å². The highest BCUT2D eigenvalue weighted by molar-refractivity contribution is 5.97. The molecule has 5 atom stereocenters. The molecule has 2 aliphatic carbocycles. The van der Waals surface area contributed by atoms with Gasteiger partial charge in [0.2, 0.25) is 0 Å². The number of Topliss-reactive ketones (excluding diaryl/α,β-unsaturated/α-hetero) is 1. The van der Waals surface area contributed by atoms with Gasteiger partial charge in [-0.3, -0.25) is 4.79 Å². The van der Waals surface area contributed by atoms with Crippen molar-refractivity contribution in [2.45, 2.75) is 64.3 Å². The zero-order valence-corrected chi connectivity index (χ0v) is 16.8. The van der Waals surface area contributed by atoms with Crippen LogP contribution in [0, 0.1) is 17.3 Å². The van der Waals surface area contributed by atoms with E-state index in [1.807, 2.05) is 38.1 Å². The van der Waals surface area contributed by atoms with E-state index in [-0.39, 0.29) is 29.6 Å². The van der Waals surface area contributed by atoms with E-state index in [4.69, 9.17) is 4.74 Å². The van der Waals surface area contributed by atoms with Crippen LogP contribution in [0.3, 0.4) is 0 Å². The summed E-state index contributed by atoms with van der Waals surface area (Å²) in [6.07, 6.45) is 5.40. The molecule has 0 bridgehead atoms. The predicted molar refractivity (Wildman–Crippen MR) is 106 cm³/mol. The lowest BCUT2D eigenvalue weighted by Gasteiger charge is -2.43. The van der Waals surface area contributed by atoms with E-state index >= 15 is 0 Å². The Hall–Kier alpha value is -1.49. The second-order valence-electron chi connectivity index (χ2n) is 9.16. The number of carbonyl (C=O) groups excluding carboxylic acids is 1. The molecule has 1 fully saturated rings. The lowest BCUT2D eigenvalue weighted by atomic mass is 9.68. The van der Waals surface area contributed by atoms with Gasteiger partial charge in [0.25, 0.3) is 0 Å². The molecule has 27 heavy (non-hydrogen) atoms. The van der Waals surface area contributed by atoms with E-state index in [0.717, 1.165) is 6.42 Å². The van der Waals surface area contributed by atoms with Crippen LogP contribution in [0.15, 0.2) is 42.5 Å². The van der Waals surface area contributed by atoms with E-state index in [0.29, 0.717) is 18.4 Å². The summed E-state index contributed by atoms with van der Waals surface area (Å²) in [5.41, 5.74) is -1.55. The molecule has 0 heterocycles. The van der Waals surface area contributed by atoms with Gasteiger partial charge in [-0.15, -0.1) is 0 Å². The van der Waals surface area contributed by atoms with Crippen molar-refractivity contribution in [3.05, 3.63) is 48.0 Å². The molecule has 148 valence electrons. The van der Waals surface area contributed by atoms with Crippen LogP contribution < -0.4 is 0 Å². The lowest BCUT2D eigenvalue weighted by Crippen LogP contribution is -2.50. The maximum atomic E-state index is 12.5. The number of rotatable bonds is 5. The third-order valence-corrected chi connectivity index (χ3v) is 6.65. The summed E-state index contributed by atoms with van der Waals surface area (Å²) in [6.45, 7) is 7.91. The molecule has 1 aromatic carbocycles. The monoisotopic (exact) mass is 372 g/mol. The Morgan fingerprint density at radius 2 is 1.81 bits per heavy atom. The number of hydrogen-bond donors (Lipinski definition) is 2. The molecule has 1 aromatic rings. The summed E-state index contributed by atoms with van der Waals surface area (Å²) in [4.78, 5) is 12.5. The van der Waals surface area contributed by atoms with Gasteiger partial charge in [0.1, 0.15) is 6.61 Å². The van der Waals surface area contributed by atoms with Gasteiger partial charge in [-0.25, -0.2) is 0 Å². The van der Waals surface area contributed by atoms with Crippen molar-refractivity contribution < 1.29 is 19.7 Å². The smallest absolute Gasteiger partial charge is 0.188 e. The van der Waals surface area contributed by atoms with Gasteiger partial charge < -0.3 is 14.9 Å². The number of allylic oxidation sites excluding steroid dienone is 1. The minimum atomic E-state index is -1.02. The maximum absolute atomic E-state index is 12.5. The first-order chi connectivity index (χ1) is 12.6. The standard InChI is InChI=1S/C23H32O4/c1-16(2)23(26)13-11-21(3)10-12-22(4,25)14-19(20(21)23)27-15-18(24)17-8-6-5-7-9-17/h5-10,12,16,19-20,25-26H,11,13-15H2,1-4H3/t19-,20+,21-,22-,23+/m0/s1. The Bertz CT molecular complexity index is 708. The van der Waals surface area contributed by atoms with Gasteiger partial charge in [0.05, 0.1) is 17.3 Å². The van der Waals surface area contributed by atoms with Crippen LogP contribution in [-0.2, 0) is 4.74 Å². The van der Waals surface area contributed by atoms with Crippen LogP contribution in [0.4, 0.5) is 0 Å². The molecule has 0 saturated heterocycles. The number of carbonyl (C=O) groups is 1. The van der Waals surface area contributed by atoms with Crippen LogP contribution >= 0.6 is 0 Å². The second-order valence-corrected chi connectivity index (χ2v) is 9.16. The average molecular weight is 373 g/mol. The topological polar surface area (TPSA) is 66.8 Å². The van der Waals surface area contributed by atoms with Crippen molar-refractivity contribution in [1.82, 2.24) is 0 Å². The molecule has 3 rings (SSSR count). The van der Waals surface area contributed by atoms with E-state index in [9.17, 15) is 15.0 Å². The van der Waals surface area contributed by atoms with Crippen LogP contribution in [0.1, 0.15) is 57.3 Å². The molecule has 0 aliphatic heterocycles. The summed E-state index contributed by atoms with van der Waals surface area (Å²) in [6, 6.07) is 9.10. The molecule has 0 aromatic heterocycles.